The molecule has 272 valence electrons. The lowest BCUT2D eigenvalue weighted by molar-refractivity contribution is -0.165. The van der Waals surface area contributed by atoms with Crippen LogP contribution in [0.5, 0.6) is 11.5 Å². The van der Waals surface area contributed by atoms with Gasteiger partial charge in [0.1, 0.15) is 19.3 Å². The number of aliphatic hydroxyl groups excluding tert-OH is 3. The Bertz CT molecular complexity index is 1790. The van der Waals surface area contributed by atoms with Crippen molar-refractivity contribution >= 4 is 23.1 Å². The average molecular weight is 700 g/mol. The summed E-state index contributed by atoms with van der Waals surface area (Å²) in [5, 5.41) is 43.4. The Hall–Kier alpha value is -5.03. The molecule has 50 heavy (non-hydrogen) atoms. The smallest absolute Gasteiger partial charge is 0.335 e. The summed E-state index contributed by atoms with van der Waals surface area (Å²) in [5.74, 6) is -2.30. The van der Waals surface area contributed by atoms with E-state index in [1.54, 1.807) is 17.9 Å². The average Bonchev–Trinajstić information content (AvgIpc) is 3.54. The number of fused-ring (bicyclic) bond motifs is 1. The van der Waals surface area contributed by atoms with Crippen molar-refractivity contribution in [3.63, 3.8) is 0 Å². The van der Waals surface area contributed by atoms with Gasteiger partial charge in [0.05, 0.1) is 6.33 Å². The van der Waals surface area contributed by atoms with Gasteiger partial charge in [-0.25, -0.2) is 19.4 Å². The fourth-order valence-electron chi connectivity index (χ4n) is 4.94. The van der Waals surface area contributed by atoms with Crippen LogP contribution in [-0.2, 0) is 36.8 Å². The number of carboxylic acids is 2. The molecule has 3 atom stereocenters. The molecule has 0 bridgehead atoms. The molecule has 2 aromatic carbocycles. The van der Waals surface area contributed by atoms with E-state index in [1.807, 2.05) is 54.6 Å². The van der Waals surface area contributed by atoms with E-state index < -0.39 is 35.9 Å². The second kappa shape index (κ2) is 19.2. The van der Waals surface area contributed by atoms with Crippen molar-refractivity contribution in [3.8, 4) is 11.5 Å². The summed E-state index contributed by atoms with van der Waals surface area (Å²) in [4.78, 5) is 51.0. The number of rotatable bonds is 18. The quantitative estimate of drug-likeness (QED) is 0.0973. The first-order valence-corrected chi connectivity index (χ1v) is 16.1. The van der Waals surface area contributed by atoms with Gasteiger partial charge in [-0.2, -0.15) is 0 Å². The molecular formula is C34H45N5O11. The van der Waals surface area contributed by atoms with Crippen LogP contribution in [0.4, 0.5) is 0 Å². The third-order valence-electron chi connectivity index (χ3n) is 7.71. The van der Waals surface area contributed by atoms with Gasteiger partial charge >= 0.3 is 17.6 Å². The number of ether oxygens (including phenoxy) is 2. The van der Waals surface area contributed by atoms with Gasteiger partial charge in [-0.15, -0.1) is 0 Å². The minimum atomic E-state index is -2.27. The second-order valence-corrected chi connectivity index (χ2v) is 11.6. The van der Waals surface area contributed by atoms with Crippen molar-refractivity contribution < 1.29 is 44.6 Å². The zero-order chi connectivity index (χ0) is 36.8. The number of aromatic nitrogens is 4. The lowest BCUT2D eigenvalue weighted by atomic mass is 10.2. The van der Waals surface area contributed by atoms with Crippen molar-refractivity contribution in [1.29, 1.82) is 0 Å². The minimum absolute atomic E-state index is 0.143. The Labute approximate surface area is 288 Å². The Kier molecular flexibility index (Phi) is 15.2. The predicted octanol–water partition coefficient (Wildman–Crippen LogP) is 0.822. The van der Waals surface area contributed by atoms with Crippen molar-refractivity contribution in [2.45, 2.75) is 57.6 Å². The third-order valence-corrected chi connectivity index (χ3v) is 7.71. The molecule has 0 aliphatic carbocycles. The van der Waals surface area contributed by atoms with Crippen molar-refractivity contribution in [2.75, 3.05) is 26.2 Å². The highest BCUT2D eigenvalue weighted by Crippen LogP contribution is 2.27. The number of nitrogens with zero attached hydrogens (tertiary/aromatic N) is 5. The third kappa shape index (κ3) is 11.0. The van der Waals surface area contributed by atoms with E-state index in [0.29, 0.717) is 42.4 Å². The van der Waals surface area contributed by atoms with Gasteiger partial charge in [-0.3, -0.25) is 13.9 Å². The summed E-state index contributed by atoms with van der Waals surface area (Å²) >= 11 is 0. The number of para-hydroxylation sites is 2. The first-order chi connectivity index (χ1) is 23.8. The largest absolute Gasteiger partial charge is 0.487 e. The molecule has 0 saturated carbocycles. The Balaban J connectivity index is 0.000000588. The summed E-state index contributed by atoms with van der Waals surface area (Å²) in [6.07, 6.45) is -0.788. The number of unbranched alkanes of at least 4 members (excludes halogenated alkanes) is 1. The second-order valence-electron chi connectivity index (χ2n) is 11.6. The maximum absolute atomic E-state index is 12.7. The number of carbonyl (C=O) groups is 2. The van der Waals surface area contributed by atoms with Crippen LogP contribution < -0.4 is 20.7 Å². The van der Waals surface area contributed by atoms with E-state index in [9.17, 15) is 24.3 Å². The van der Waals surface area contributed by atoms with Gasteiger partial charge in [0.2, 0.25) is 0 Å². The molecule has 0 aliphatic heterocycles. The first kappa shape index (κ1) is 39.4. The maximum atomic E-state index is 12.7. The monoisotopic (exact) mass is 699 g/mol. The van der Waals surface area contributed by atoms with Gasteiger partial charge < -0.3 is 44.5 Å². The van der Waals surface area contributed by atoms with Crippen molar-refractivity contribution in [1.82, 2.24) is 23.6 Å². The summed E-state index contributed by atoms with van der Waals surface area (Å²) in [5.41, 5.74) is 1.13. The highest BCUT2D eigenvalue weighted by Gasteiger charge is 2.29. The minimum Gasteiger partial charge on any atom is -0.487 e. The van der Waals surface area contributed by atoms with Crippen LogP contribution in [0.25, 0.3) is 11.2 Å². The van der Waals surface area contributed by atoms with Gasteiger partial charge in [-0.1, -0.05) is 55.8 Å². The Morgan fingerprint density at radius 2 is 1.42 bits per heavy atom. The van der Waals surface area contributed by atoms with E-state index in [4.69, 9.17) is 29.9 Å². The number of carboxylic acid groups (broad SMARTS) is 2. The van der Waals surface area contributed by atoms with Gasteiger partial charge in [0.25, 0.3) is 5.56 Å². The molecule has 5 N–H and O–H groups in total. The zero-order valence-electron chi connectivity index (χ0n) is 28.3. The van der Waals surface area contributed by atoms with Crippen LogP contribution in [0.3, 0.4) is 0 Å². The first-order valence-electron chi connectivity index (χ1n) is 16.1. The Morgan fingerprint density at radius 1 is 0.840 bits per heavy atom. The molecule has 16 nitrogen and oxygen atoms in total. The number of aliphatic hydroxyl groups is 3. The summed E-state index contributed by atoms with van der Waals surface area (Å²) in [6, 6.07) is 17.4. The number of aryl methyl sites for hydroxylation is 2. The van der Waals surface area contributed by atoms with Gasteiger partial charge in [-0.05, 0) is 43.6 Å². The van der Waals surface area contributed by atoms with Crippen LogP contribution in [0.1, 0.15) is 31.7 Å². The molecular weight excluding hydrogens is 654 g/mol. The maximum Gasteiger partial charge on any atom is 0.335 e. The fraction of sp³-hybridized carbons (Fsp3) is 0.441. The lowest BCUT2D eigenvalue weighted by Gasteiger charge is -2.25. The molecule has 0 radical (unpaired) electrons. The normalized spacial score (nSPS) is 12.9. The summed E-state index contributed by atoms with van der Waals surface area (Å²) in [7, 11) is 3.09. The Morgan fingerprint density at radius 3 is 2.02 bits per heavy atom. The molecule has 2 heterocycles. The van der Waals surface area contributed by atoms with E-state index in [2.05, 4.69) is 16.8 Å². The molecule has 16 heteroatoms. The molecule has 0 amide bonds. The molecule has 4 rings (SSSR count). The molecule has 0 spiro atoms. The van der Waals surface area contributed by atoms with Gasteiger partial charge in [0.15, 0.2) is 34.9 Å². The topological polar surface area (TPSA) is 219 Å². The number of hydrogen-bond acceptors (Lipinski definition) is 11. The van der Waals surface area contributed by atoms with Gasteiger partial charge in [0, 0.05) is 27.2 Å². The van der Waals surface area contributed by atoms with Crippen molar-refractivity contribution in [3.05, 3.63) is 87.3 Å². The molecule has 4 aromatic rings. The fourth-order valence-corrected chi connectivity index (χ4v) is 4.94. The van der Waals surface area contributed by atoms with E-state index in [1.165, 1.54) is 11.6 Å². The summed E-state index contributed by atoms with van der Waals surface area (Å²) < 4.78 is 16.2. The molecule has 2 aromatic heterocycles. The highest BCUT2D eigenvalue weighted by molar-refractivity contribution is 5.83. The SMILES string of the molecule is CCCCN(CCCn1cnc2c1c(=O)n(C)c(=O)n2C)CC(O)COc1ccccc1OCc1ccccc1.O=C(O)C(O)C(O)C(=O)O. The summed E-state index contributed by atoms with van der Waals surface area (Å²) in [6.45, 7) is 5.35. The van der Waals surface area contributed by atoms with Crippen LogP contribution >= 0.6 is 0 Å². The molecule has 3 unspecified atom stereocenters. The number of benzene rings is 2. The number of hydrogen-bond donors (Lipinski definition) is 5. The van der Waals surface area contributed by atoms with E-state index >= 15 is 0 Å². The van der Waals surface area contributed by atoms with Crippen LogP contribution in [0, 0.1) is 0 Å². The zero-order valence-corrected chi connectivity index (χ0v) is 28.3. The number of imidazole rings is 1. The molecule has 0 fully saturated rings. The standard InChI is InChI=1S/C30H39N5O5.C4H6O6/c1-4-5-16-34(17-11-18-35-22-31-28-27(35)29(37)33(3)30(38)32(28)2)19-24(36)21-40-26-15-10-9-14-25(26)39-20-23-12-7-6-8-13-23;5-1(3(7)8)2(6)4(9)10/h6-10,12-15,22,24,36H,4-5,11,16-21H2,1-3H3;1-2,5-6H,(H,7,8)(H,9,10). The van der Waals surface area contributed by atoms with Crippen LogP contribution in [0.15, 0.2) is 70.5 Å². The van der Waals surface area contributed by atoms with Crippen LogP contribution in [0.2, 0.25) is 0 Å². The van der Waals surface area contributed by atoms with E-state index in [-0.39, 0.29) is 12.2 Å². The van der Waals surface area contributed by atoms with E-state index in [0.717, 1.165) is 42.5 Å². The van der Waals surface area contributed by atoms with Crippen LogP contribution in [-0.4, -0.2) is 106 Å². The highest BCUT2D eigenvalue weighted by atomic mass is 16.5. The number of aliphatic carboxylic acids is 2. The van der Waals surface area contributed by atoms with Crippen molar-refractivity contribution in [2.24, 2.45) is 14.1 Å². The molecule has 0 saturated heterocycles. The lowest BCUT2D eigenvalue weighted by Crippen LogP contribution is -2.39. The molecule has 0 aliphatic rings. The predicted molar refractivity (Wildman–Crippen MR) is 182 cm³/mol.